The molecule has 1 atom stereocenters. The lowest BCUT2D eigenvalue weighted by Crippen LogP contribution is -2.42. The molecule has 0 bridgehead atoms. The van der Waals surface area contributed by atoms with Gasteiger partial charge in [0.15, 0.2) is 5.60 Å². The summed E-state index contributed by atoms with van der Waals surface area (Å²) in [5.74, 6) is -0.617. The minimum atomic E-state index is -1.78. The average Bonchev–Trinajstić information content (AvgIpc) is 2.92. The zero-order chi connectivity index (χ0) is 14.8. The van der Waals surface area contributed by atoms with E-state index in [0.717, 1.165) is 0 Å². The Morgan fingerprint density at radius 1 is 1.60 bits per heavy atom. The topological polar surface area (TPSA) is 90.9 Å². The highest BCUT2D eigenvalue weighted by atomic mass is 79.9. The van der Waals surface area contributed by atoms with E-state index in [2.05, 4.69) is 36.4 Å². The summed E-state index contributed by atoms with van der Waals surface area (Å²) < 4.78 is 13.4. The molecule has 0 fully saturated rings. The van der Waals surface area contributed by atoms with Crippen molar-refractivity contribution in [3.63, 3.8) is 0 Å². The smallest absolute Gasteiger partial charge is 0.256 e. The van der Waals surface area contributed by atoms with Crippen molar-refractivity contribution in [2.24, 2.45) is 0 Å². The number of aliphatic hydroxyl groups is 1. The summed E-state index contributed by atoms with van der Waals surface area (Å²) in [5, 5.41) is 19.1. The highest BCUT2D eigenvalue weighted by Crippen LogP contribution is 2.25. The van der Waals surface area contributed by atoms with Crippen LogP contribution in [0.4, 0.5) is 4.39 Å². The Kier molecular flexibility index (Phi) is 4.15. The van der Waals surface area contributed by atoms with Crippen LogP contribution in [0.5, 0.6) is 0 Å². The van der Waals surface area contributed by atoms with Crippen molar-refractivity contribution in [1.82, 2.24) is 20.5 Å². The molecule has 1 unspecified atom stereocenters. The second kappa shape index (κ2) is 5.68. The zero-order valence-corrected chi connectivity index (χ0v) is 12.1. The Bertz CT molecular complexity index is 616. The van der Waals surface area contributed by atoms with E-state index < -0.39 is 17.3 Å². The summed E-state index contributed by atoms with van der Waals surface area (Å²) in [7, 11) is 0. The molecule has 1 aromatic heterocycles. The van der Waals surface area contributed by atoms with E-state index in [-0.39, 0.29) is 16.6 Å². The number of aromatic nitrogens is 3. The highest BCUT2D eigenvalue weighted by molar-refractivity contribution is 9.10. The van der Waals surface area contributed by atoms with E-state index in [1.807, 2.05) is 0 Å². The number of nitrogens with one attached hydrogen (secondary N) is 2. The minimum absolute atomic E-state index is 0.108. The molecule has 8 heteroatoms. The van der Waals surface area contributed by atoms with Gasteiger partial charge in [0.05, 0.1) is 11.0 Å². The lowest BCUT2D eigenvalue weighted by Gasteiger charge is -2.22. The first-order chi connectivity index (χ1) is 9.41. The van der Waals surface area contributed by atoms with Crippen LogP contribution < -0.4 is 5.32 Å². The van der Waals surface area contributed by atoms with Crippen LogP contribution in [0.1, 0.15) is 18.3 Å². The standard InChI is InChI=1S/C12H12BrFN4O2/c1-12(20,7-2-3-9(14)8(13)4-7)11(19)15-5-10-16-6-17-18-10/h2-4,6,20H,5H2,1H3,(H,15,19)(H,16,17,18). The molecule has 3 N–H and O–H groups in total. The molecule has 20 heavy (non-hydrogen) atoms. The highest BCUT2D eigenvalue weighted by Gasteiger charge is 2.32. The monoisotopic (exact) mass is 342 g/mol. The molecule has 2 aromatic rings. The van der Waals surface area contributed by atoms with Crippen LogP contribution in [0.2, 0.25) is 0 Å². The van der Waals surface area contributed by atoms with E-state index >= 15 is 0 Å². The van der Waals surface area contributed by atoms with E-state index in [9.17, 15) is 14.3 Å². The molecule has 1 amide bonds. The van der Waals surface area contributed by atoms with Gasteiger partial charge < -0.3 is 10.4 Å². The van der Waals surface area contributed by atoms with Gasteiger partial charge >= 0.3 is 0 Å². The Morgan fingerprint density at radius 2 is 2.35 bits per heavy atom. The van der Waals surface area contributed by atoms with Crippen molar-refractivity contribution in [3.05, 3.63) is 46.2 Å². The van der Waals surface area contributed by atoms with Gasteiger partial charge in [0.2, 0.25) is 0 Å². The molecule has 0 saturated heterocycles. The second-order valence-corrected chi connectivity index (χ2v) is 5.17. The molecule has 6 nitrogen and oxygen atoms in total. The summed E-state index contributed by atoms with van der Waals surface area (Å²) in [6, 6.07) is 3.90. The number of hydrogen-bond donors (Lipinski definition) is 3. The number of hydrogen-bond acceptors (Lipinski definition) is 4. The molecule has 0 saturated carbocycles. The average molecular weight is 343 g/mol. The van der Waals surface area contributed by atoms with Crippen molar-refractivity contribution in [1.29, 1.82) is 0 Å². The number of amides is 1. The SMILES string of the molecule is CC(O)(C(=O)NCc1ncn[nH]1)c1ccc(F)c(Br)c1. The zero-order valence-electron chi connectivity index (χ0n) is 10.5. The van der Waals surface area contributed by atoms with Gasteiger partial charge in [-0.2, -0.15) is 5.10 Å². The molecule has 1 aromatic carbocycles. The van der Waals surface area contributed by atoms with Crippen molar-refractivity contribution in [2.45, 2.75) is 19.1 Å². The maximum absolute atomic E-state index is 13.2. The Hall–Kier alpha value is -1.80. The fourth-order valence-corrected chi connectivity index (χ4v) is 1.96. The normalized spacial score (nSPS) is 13.8. The lowest BCUT2D eigenvalue weighted by molar-refractivity contribution is -0.139. The number of benzene rings is 1. The number of nitrogens with zero attached hydrogens (tertiary/aromatic N) is 2. The van der Waals surface area contributed by atoms with Gasteiger partial charge in [-0.05, 0) is 40.5 Å². The number of aromatic amines is 1. The first-order valence-corrected chi connectivity index (χ1v) is 6.51. The molecular weight excluding hydrogens is 331 g/mol. The molecule has 1 heterocycles. The van der Waals surface area contributed by atoms with Gasteiger partial charge in [-0.15, -0.1) is 0 Å². The predicted octanol–water partition coefficient (Wildman–Crippen LogP) is 1.23. The number of H-pyrrole nitrogens is 1. The van der Waals surface area contributed by atoms with E-state index in [1.165, 1.54) is 31.5 Å². The third-order valence-corrected chi connectivity index (χ3v) is 3.41. The first-order valence-electron chi connectivity index (χ1n) is 5.71. The number of halogens is 2. The van der Waals surface area contributed by atoms with Gasteiger partial charge in [-0.3, -0.25) is 9.89 Å². The largest absolute Gasteiger partial charge is 0.376 e. The van der Waals surface area contributed by atoms with Gasteiger partial charge in [0.1, 0.15) is 18.0 Å². The summed E-state index contributed by atoms with van der Waals surface area (Å²) in [6.45, 7) is 1.44. The maximum atomic E-state index is 13.2. The summed E-state index contributed by atoms with van der Waals surface area (Å²) in [6.07, 6.45) is 1.32. The van der Waals surface area contributed by atoms with Gasteiger partial charge in [-0.1, -0.05) is 6.07 Å². The van der Waals surface area contributed by atoms with E-state index in [4.69, 9.17) is 0 Å². The third-order valence-electron chi connectivity index (χ3n) is 2.81. The maximum Gasteiger partial charge on any atom is 0.256 e. The molecule has 0 aliphatic heterocycles. The van der Waals surface area contributed by atoms with Gasteiger partial charge in [0.25, 0.3) is 5.91 Å². The lowest BCUT2D eigenvalue weighted by atomic mass is 9.95. The Balaban J connectivity index is 2.11. The minimum Gasteiger partial charge on any atom is -0.376 e. The van der Waals surface area contributed by atoms with Crippen LogP contribution in [-0.2, 0) is 16.9 Å². The molecule has 106 valence electrons. The third kappa shape index (κ3) is 3.02. The van der Waals surface area contributed by atoms with Crippen LogP contribution in [-0.4, -0.2) is 26.2 Å². The number of carbonyl (C=O) groups is 1. The fourth-order valence-electron chi connectivity index (χ4n) is 1.58. The second-order valence-electron chi connectivity index (χ2n) is 4.32. The quantitative estimate of drug-likeness (QED) is 0.779. The molecule has 0 aliphatic carbocycles. The van der Waals surface area contributed by atoms with Crippen molar-refractivity contribution >= 4 is 21.8 Å². The van der Waals surface area contributed by atoms with Crippen LogP contribution in [0.3, 0.4) is 0 Å². The molecule has 2 rings (SSSR count). The number of rotatable bonds is 4. The van der Waals surface area contributed by atoms with Crippen LogP contribution in [0.15, 0.2) is 29.0 Å². The first kappa shape index (κ1) is 14.6. The van der Waals surface area contributed by atoms with Gasteiger partial charge in [-0.25, -0.2) is 9.37 Å². The van der Waals surface area contributed by atoms with E-state index in [1.54, 1.807) is 0 Å². The van der Waals surface area contributed by atoms with Crippen molar-refractivity contribution in [2.75, 3.05) is 0 Å². The molecule has 0 aliphatic rings. The molecular formula is C12H12BrFN4O2. The Morgan fingerprint density at radius 3 is 2.95 bits per heavy atom. The summed E-state index contributed by atoms with van der Waals surface area (Å²) >= 11 is 3.02. The van der Waals surface area contributed by atoms with Crippen LogP contribution >= 0.6 is 15.9 Å². The molecule has 0 spiro atoms. The Labute approximate surface area is 122 Å². The van der Waals surface area contributed by atoms with E-state index in [0.29, 0.717) is 5.82 Å². The van der Waals surface area contributed by atoms with Crippen molar-refractivity contribution < 1.29 is 14.3 Å². The summed E-state index contributed by atoms with van der Waals surface area (Å²) in [4.78, 5) is 15.9. The number of carbonyl (C=O) groups excluding carboxylic acids is 1. The van der Waals surface area contributed by atoms with Crippen LogP contribution in [0, 0.1) is 5.82 Å². The molecule has 0 radical (unpaired) electrons. The van der Waals surface area contributed by atoms with Crippen LogP contribution in [0.25, 0.3) is 0 Å². The summed E-state index contributed by atoms with van der Waals surface area (Å²) in [5.41, 5.74) is -1.50. The van der Waals surface area contributed by atoms with Crippen molar-refractivity contribution in [3.8, 4) is 0 Å². The van der Waals surface area contributed by atoms with Gasteiger partial charge in [0, 0.05) is 0 Å². The fraction of sp³-hybridized carbons (Fsp3) is 0.250. The predicted molar refractivity (Wildman–Crippen MR) is 71.9 cm³/mol.